The zero-order chi connectivity index (χ0) is 13.1. The third-order valence-corrected chi connectivity index (χ3v) is 3.03. The molecule has 94 valence electrons. The molecule has 0 heterocycles. The first-order valence-electron chi connectivity index (χ1n) is 5.82. The molecule has 0 unspecified atom stereocenters. The van der Waals surface area contributed by atoms with E-state index in [2.05, 4.69) is 5.32 Å². The van der Waals surface area contributed by atoms with Crippen LogP contribution in [0.15, 0.2) is 36.4 Å². The fourth-order valence-corrected chi connectivity index (χ4v) is 1.92. The van der Waals surface area contributed by atoms with Crippen molar-refractivity contribution in [3.63, 3.8) is 0 Å². The molecule has 0 aromatic heterocycles. The van der Waals surface area contributed by atoms with Gasteiger partial charge >= 0.3 is 0 Å². The highest BCUT2D eigenvalue weighted by Gasteiger charge is 2.04. The molecule has 0 aliphatic heterocycles. The topological polar surface area (TPSA) is 12.0 Å². The van der Waals surface area contributed by atoms with Gasteiger partial charge in [-0.15, -0.1) is 0 Å². The molecule has 2 aromatic rings. The highest BCUT2D eigenvalue weighted by atomic mass is 19.2. The summed E-state index contributed by atoms with van der Waals surface area (Å²) in [5.74, 6) is -1.66. The fraction of sp³-hybridized carbons (Fsp3) is 0.200. The van der Waals surface area contributed by atoms with Gasteiger partial charge < -0.3 is 5.32 Å². The molecule has 0 atom stereocenters. The Morgan fingerprint density at radius 1 is 0.944 bits per heavy atom. The van der Waals surface area contributed by atoms with Crippen LogP contribution in [0.2, 0.25) is 0 Å². The minimum Gasteiger partial charge on any atom is -0.381 e. The van der Waals surface area contributed by atoms with Crippen molar-refractivity contribution in [2.75, 3.05) is 5.32 Å². The first-order valence-corrected chi connectivity index (χ1v) is 5.82. The molecule has 1 N–H and O–H groups in total. The van der Waals surface area contributed by atoms with Crippen LogP contribution < -0.4 is 5.32 Å². The molecule has 0 amide bonds. The monoisotopic (exact) mass is 247 g/mol. The molecule has 0 spiro atoms. The third-order valence-electron chi connectivity index (χ3n) is 3.03. The van der Waals surface area contributed by atoms with Gasteiger partial charge in [-0.1, -0.05) is 18.2 Å². The molecule has 0 aliphatic carbocycles. The Balaban J connectivity index is 2.14. The van der Waals surface area contributed by atoms with Gasteiger partial charge in [-0.05, 0) is 42.7 Å². The molecule has 0 fully saturated rings. The minimum absolute atomic E-state index is 0.580. The average molecular weight is 247 g/mol. The van der Waals surface area contributed by atoms with Gasteiger partial charge in [0.1, 0.15) is 0 Å². The summed E-state index contributed by atoms with van der Waals surface area (Å²) in [7, 11) is 0. The lowest BCUT2D eigenvalue weighted by Gasteiger charge is -2.12. The molecule has 0 saturated carbocycles. The lowest BCUT2D eigenvalue weighted by Crippen LogP contribution is -2.04. The van der Waals surface area contributed by atoms with Gasteiger partial charge in [-0.3, -0.25) is 0 Å². The number of rotatable bonds is 3. The van der Waals surface area contributed by atoms with Gasteiger partial charge in [0.15, 0.2) is 11.6 Å². The number of hydrogen-bond acceptors (Lipinski definition) is 1. The average Bonchev–Trinajstić information content (AvgIpc) is 2.33. The van der Waals surface area contributed by atoms with Crippen molar-refractivity contribution in [1.82, 2.24) is 0 Å². The molecule has 2 aromatic carbocycles. The number of hydrogen-bond donors (Lipinski definition) is 1. The Kier molecular flexibility index (Phi) is 3.60. The first-order chi connectivity index (χ1) is 8.58. The maximum atomic E-state index is 13.0. The molecular formula is C15H15F2N. The highest BCUT2D eigenvalue weighted by molar-refractivity contribution is 5.45. The van der Waals surface area contributed by atoms with Gasteiger partial charge in [0, 0.05) is 18.3 Å². The lowest BCUT2D eigenvalue weighted by molar-refractivity contribution is 0.509. The van der Waals surface area contributed by atoms with E-state index in [9.17, 15) is 8.78 Å². The second-order valence-corrected chi connectivity index (χ2v) is 4.35. The van der Waals surface area contributed by atoms with E-state index in [0.29, 0.717) is 12.2 Å². The number of anilines is 1. The van der Waals surface area contributed by atoms with Crippen LogP contribution in [-0.4, -0.2) is 0 Å². The summed E-state index contributed by atoms with van der Waals surface area (Å²) in [4.78, 5) is 0. The van der Waals surface area contributed by atoms with Crippen LogP contribution in [0.4, 0.5) is 14.5 Å². The maximum absolute atomic E-state index is 13.0. The Morgan fingerprint density at radius 2 is 1.61 bits per heavy atom. The molecule has 3 heteroatoms. The van der Waals surface area contributed by atoms with Gasteiger partial charge in [0.25, 0.3) is 0 Å². The molecule has 1 nitrogen and oxygen atoms in total. The molecule has 0 bridgehead atoms. The van der Waals surface area contributed by atoms with E-state index < -0.39 is 11.6 Å². The van der Waals surface area contributed by atoms with Gasteiger partial charge in [-0.25, -0.2) is 8.78 Å². The van der Waals surface area contributed by atoms with Crippen molar-refractivity contribution in [3.8, 4) is 0 Å². The molecule has 0 aliphatic rings. The van der Waals surface area contributed by atoms with E-state index >= 15 is 0 Å². The maximum Gasteiger partial charge on any atom is 0.160 e. The number of halogens is 2. The van der Waals surface area contributed by atoms with Crippen LogP contribution in [0.3, 0.4) is 0 Å². The Labute approximate surface area is 105 Å². The van der Waals surface area contributed by atoms with Crippen LogP contribution in [0.5, 0.6) is 0 Å². The number of aryl methyl sites for hydroxylation is 2. The van der Waals surface area contributed by atoms with Crippen molar-refractivity contribution in [3.05, 3.63) is 64.7 Å². The van der Waals surface area contributed by atoms with E-state index in [4.69, 9.17) is 0 Å². The Bertz CT molecular complexity index is 544. The second kappa shape index (κ2) is 5.17. The molecule has 0 radical (unpaired) electrons. The fourth-order valence-electron chi connectivity index (χ4n) is 1.92. The normalized spacial score (nSPS) is 10.4. The summed E-state index contributed by atoms with van der Waals surface area (Å²) in [6.45, 7) is 4.67. The number of nitrogens with one attached hydrogen (secondary N) is 1. The van der Waals surface area contributed by atoms with Crippen molar-refractivity contribution < 1.29 is 8.78 Å². The van der Waals surface area contributed by atoms with Crippen LogP contribution in [-0.2, 0) is 6.54 Å². The smallest absolute Gasteiger partial charge is 0.160 e. The predicted molar refractivity (Wildman–Crippen MR) is 69.6 cm³/mol. The molecule has 18 heavy (non-hydrogen) atoms. The van der Waals surface area contributed by atoms with E-state index in [-0.39, 0.29) is 0 Å². The summed E-state index contributed by atoms with van der Waals surface area (Å²) in [6.07, 6.45) is 0. The minimum atomic E-state index is -0.832. The van der Waals surface area contributed by atoms with E-state index in [0.717, 1.165) is 6.07 Å². The SMILES string of the molecule is Cc1cccc(C)c1CNc1ccc(F)c(F)c1. The summed E-state index contributed by atoms with van der Waals surface area (Å²) in [6, 6.07) is 9.91. The molecule has 0 saturated heterocycles. The quantitative estimate of drug-likeness (QED) is 0.857. The Hall–Kier alpha value is -1.90. The standard InChI is InChI=1S/C15H15F2N/c1-10-4-3-5-11(2)13(10)9-18-12-6-7-14(16)15(17)8-12/h3-8,18H,9H2,1-2H3. The van der Waals surface area contributed by atoms with Crippen LogP contribution in [0.25, 0.3) is 0 Å². The van der Waals surface area contributed by atoms with Crippen LogP contribution in [0.1, 0.15) is 16.7 Å². The predicted octanol–water partition coefficient (Wildman–Crippen LogP) is 4.19. The van der Waals surface area contributed by atoms with Crippen molar-refractivity contribution in [2.45, 2.75) is 20.4 Å². The largest absolute Gasteiger partial charge is 0.381 e. The van der Waals surface area contributed by atoms with Crippen molar-refractivity contribution in [2.24, 2.45) is 0 Å². The summed E-state index contributed by atoms with van der Waals surface area (Å²) < 4.78 is 25.8. The zero-order valence-corrected chi connectivity index (χ0v) is 10.4. The summed E-state index contributed by atoms with van der Waals surface area (Å²) in [5, 5.41) is 3.10. The van der Waals surface area contributed by atoms with E-state index in [1.165, 1.54) is 28.8 Å². The highest BCUT2D eigenvalue weighted by Crippen LogP contribution is 2.17. The first kappa shape index (κ1) is 12.6. The zero-order valence-electron chi connectivity index (χ0n) is 10.4. The lowest BCUT2D eigenvalue weighted by atomic mass is 10.0. The third kappa shape index (κ3) is 2.67. The molecular weight excluding hydrogens is 232 g/mol. The van der Waals surface area contributed by atoms with Crippen molar-refractivity contribution in [1.29, 1.82) is 0 Å². The van der Waals surface area contributed by atoms with E-state index in [1.54, 1.807) is 0 Å². The summed E-state index contributed by atoms with van der Waals surface area (Å²) >= 11 is 0. The van der Waals surface area contributed by atoms with Crippen LogP contribution in [0, 0.1) is 25.5 Å². The second-order valence-electron chi connectivity index (χ2n) is 4.35. The van der Waals surface area contributed by atoms with Gasteiger partial charge in [0.2, 0.25) is 0 Å². The number of benzene rings is 2. The van der Waals surface area contributed by atoms with Crippen molar-refractivity contribution >= 4 is 5.69 Å². The molecule has 2 rings (SSSR count). The van der Waals surface area contributed by atoms with Gasteiger partial charge in [0.05, 0.1) is 0 Å². The summed E-state index contributed by atoms with van der Waals surface area (Å²) in [5.41, 5.74) is 4.13. The van der Waals surface area contributed by atoms with Crippen LogP contribution >= 0.6 is 0 Å². The van der Waals surface area contributed by atoms with Gasteiger partial charge in [-0.2, -0.15) is 0 Å². The van der Waals surface area contributed by atoms with E-state index in [1.807, 2.05) is 32.0 Å². The Morgan fingerprint density at radius 3 is 2.22 bits per heavy atom.